The van der Waals surface area contributed by atoms with Crippen LogP contribution >= 0.6 is 0 Å². The maximum atomic E-state index is 13.5. The average molecular weight is 273 g/mol. The zero-order valence-corrected chi connectivity index (χ0v) is 10.5. The zero-order chi connectivity index (χ0) is 13.8. The van der Waals surface area contributed by atoms with Crippen LogP contribution < -0.4 is 0 Å². The van der Waals surface area contributed by atoms with Crippen LogP contribution in [0.5, 0.6) is 0 Å². The Kier molecular flexibility index (Phi) is 4.75. The molecule has 0 saturated carbocycles. The van der Waals surface area contributed by atoms with Crippen molar-refractivity contribution in [1.29, 1.82) is 0 Å². The van der Waals surface area contributed by atoms with Crippen molar-refractivity contribution < 1.29 is 17.2 Å². The van der Waals surface area contributed by atoms with Gasteiger partial charge >= 0.3 is 0 Å². The van der Waals surface area contributed by atoms with Crippen LogP contribution in [0, 0.1) is 11.6 Å². The topological polar surface area (TPSA) is 37.4 Å². The minimum atomic E-state index is -4.02. The Balaban J connectivity index is 3.25. The summed E-state index contributed by atoms with van der Waals surface area (Å²) < 4.78 is 51.5. The van der Waals surface area contributed by atoms with Crippen LogP contribution in [0.2, 0.25) is 0 Å². The van der Waals surface area contributed by atoms with Gasteiger partial charge in [-0.05, 0) is 12.1 Å². The van der Waals surface area contributed by atoms with Gasteiger partial charge in [-0.15, -0.1) is 13.2 Å². The van der Waals surface area contributed by atoms with Crippen molar-refractivity contribution in [3.8, 4) is 0 Å². The fraction of sp³-hybridized carbons (Fsp3) is 0.167. The SMILES string of the molecule is C=CCN(CC=C)S(=O)(=O)c1ccc(F)cc1F. The molecular weight excluding hydrogens is 260 g/mol. The second-order valence-electron chi connectivity index (χ2n) is 3.47. The molecule has 0 N–H and O–H groups in total. The summed E-state index contributed by atoms with van der Waals surface area (Å²) in [6.45, 7) is 6.90. The molecule has 1 rings (SSSR count). The molecule has 0 aliphatic carbocycles. The lowest BCUT2D eigenvalue weighted by Gasteiger charge is -2.19. The molecule has 0 amide bonds. The summed E-state index contributed by atoms with van der Waals surface area (Å²) in [5, 5.41) is 0. The standard InChI is InChI=1S/C12H13F2NO2S/c1-3-7-15(8-4-2)18(16,17)12-6-5-10(13)9-11(12)14/h3-6,9H,1-2,7-8H2. The van der Waals surface area contributed by atoms with Gasteiger partial charge in [0.1, 0.15) is 16.5 Å². The van der Waals surface area contributed by atoms with E-state index in [1.807, 2.05) is 0 Å². The molecule has 1 aromatic rings. The third kappa shape index (κ3) is 3.02. The highest BCUT2D eigenvalue weighted by Crippen LogP contribution is 2.20. The third-order valence-electron chi connectivity index (χ3n) is 2.18. The summed E-state index contributed by atoms with van der Waals surface area (Å²) in [4.78, 5) is -0.562. The number of halogens is 2. The highest BCUT2D eigenvalue weighted by Gasteiger charge is 2.25. The molecule has 0 aromatic heterocycles. The first-order valence-electron chi connectivity index (χ1n) is 5.10. The van der Waals surface area contributed by atoms with E-state index in [1.54, 1.807) is 0 Å². The molecule has 0 spiro atoms. The fourth-order valence-corrected chi connectivity index (χ4v) is 2.81. The lowest BCUT2D eigenvalue weighted by Crippen LogP contribution is -2.32. The molecule has 0 unspecified atom stereocenters. The van der Waals surface area contributed by atoms with Crippen molar-refractivity contribution in [3.63, 3.8) is 0 Å². The van der Waals surface area contributed by atoms with Gasteiger partial charge in [-0.2, -0.15) is 4.31 Å². The van der Waals surface area contributed by atoms with E-state index in [4.69, 9.17) is 0 Å². The average Bonchev–Trinajstić information content (AvgIpc) is 2.28. The van der Waals surface area contributed by atoms with Gasteiger partial charge in [0.05, 0.1) is 0 Å². The molecule has 6 heteroatoms. The van der Waals surface area contributed by atoms with Crippen LogP contribution in [0.15, 0.2) is 48.4 Å². The molecule has 0 bridgehead atoms. The first-order valence-corrected chi connectivity index (χ1v) is 6.54. The van der Waals surface area contributed by atoms with Gasteiger partial charge in [0.2, 0.25) is 10.0 Å². The van der Waals surface area contributed by atoms with Gasteiger partial charge in [-0.25, -0.2) is 17.2 Å². The number of hydrogen-bond donors (Lipinski definition) is 0. The van der Waals surface area contributed by atoms with Crippen LogP contribution in [0.1, 0.15) is 0 Å². The van der Waals surface area contributed by atoms with Gasteiger partial charge in [0, 0.05) is 19.2 Å². The molecular formula is C12H13F2NO2S. The molecule has 0 radical (unpaired) electrons. The molecule has 0 atom stereocenters. The Morgan fingerprint density at radius 2 is 1.72 bits per heavy atom. The Labute approximate surface area is 105 Å². The summed E-state index contributed by atoms with van der Waals surface area (Å²) in [6, 6.07) is 2.34. The normalized spacial score (nSPS) is 11.5. The van der Waals surface area contributed by atoms with Crippen molar-refractivity contribution >= 4 is 10.0 Å². The Morgan fingerprint density at radius 1 is 1.17 bits per heavy atom. The van der Waals surface area contributed by atoms with Crippen LogP contribution in [0.4, 0.5) is 8.78 Å². The predicted molar refractivity (Wildman–Crippen MR) is 65.5 cm³/mol. The van der Waals surface area contributed by atoms with Gasteiger partial charge in [0.25, 0.3) is 0 Å². The summed E-state index contributed by atoms with van der Waals surface area (Å²) in [7, 11) is -4.02. The van der Waals surface area contributed by atoms with Crippen molar-refractivity contribution in [1.82, 2.24) is 4.31 Å². The lowest BCUT2D eigenvalue weighted by molar-refractivity contribution is 0.465. The van der Waals surface area contributed by atoms with E-state index in [2.05, 4.69) is 13.2 Å². The number of sulfonamides is 1. The predicted octanol–water partition coefficient (Wildman–Crippen LogP) is 2.33. The highest BCUT2D eigenvalue weighted by molar-refractivity contribution is 7.89. The number of rotatable bonds is 6. The van der Waals surface area contributed by atoms with Crippen LogP contribution in [0.3, 0.4) is 0 Å². The van der Waals surface area contributed by atoms with Crippen molar-refractivity contribution in [2.45, 2.75) is 4.90 Å². The molecule has 98 valence electrons. The van der Waals surface area contributed by atoms with Gasteiger partial charge in [-0.3, -0.25) is 0 Å². The molecule has 18 heavy (non-hydrogen) atoms. The summed E-state index contributed by atoms with van der Waals surface area (Å²) in [5.41, 5.74) is 0. The Hall–Kier alpha value is -1.53. The zero-order valence-electron chi connectivity index (χ0n) is 9.64. The minimum absolute atomic E-state index is 0.0190. The van der Waals surface area contributed by atoms with Crippen LogP contribution in [-0.4, -0.2) is 25.8 Å². The van der Waals surface area contributed by atoms with Crippen molar-refractivity contribution in [2.75, 3.05) is 13.1 Å². The highest BCUT2D eigenvalue weighted by atomic mass is 32.2. The molecule has 3 nitrogen and oxygen atoms in total. The number of nitrogens with zero attached hydrogens (tertiary/aromatic N) is 1. The second-order valence-corrected chi connectivity index (χ2v) is 5.38. The van der Waals surface area contributed by atoms with E-state index >= 15 is 0 Å². The van der Waals surface area contributed by atoms with Gasteiger partial charge in [-0.1, -0.05) is 12.2 Å². The lowest BCUT2D eigenvalue weighted by atomic mass is 10.3. The third-order valence-corrected chi connectivity index (χ3v) is 4.04. The first-order chi connectivity index (χ1) is 8.43. The summed E-state index contributed by atoms with van der Waals surface area (Å²) in [6.07, 6.45) is 2.75. The van der Waals surface area contributed by atoms with Gasteiger partial charge in [0.15, 0.2) is 0 Å². The van der Waals surface area contributed by atoms with E-state index < -0.39 is 26.6 Å². The summed E-state index contributed by atoms with van der Waals surface area (Å²) >= 11 is 0. The maximum absolute atomic E-state index is 13.5. The molecule has 0 heterocycles. The van der Waals surface area contributed by atoms with E-state index in [-0.39, 0.29) is 13.1 Å². The van der Waals surface area contributed by atoms with Crippen molar-refractivity contribution in [3.05, 3.63) is 55.1 Å². The van der Waals surface area contributed by atoms with Gasteiger partial charge < -0.3 is 0 Å². The van der Waals surface area contributed by atoms with E-state index in [0.29, 0.717) is 6.07 Å². The Morgan fingerprint density at radius 3 is 2.17 bits per heavy atom. The summed E-state index contributed by atoms with van der Waals surface area (Å²) in [5.74, 6) is -1.95. The van der Waals surface area contributed by atoms with Crippen LogP contribution in [0.25, 0.3) is 0 Å². The molecule has 0 saturated heterocycles. The molecule has 1 aromatic carbocycles. The van der Waals surface area contributed by atoms with Crippen LogP contribution in [-0.2, 0) is 10.0 Å². The van der Waals surface area contributed by atoms with Crippen molar-refractivity contribution in [2.24, 2.45) is 0 Å². The van der Waals surface area contributed by atoms with E-state index in [0.717, 1.165) is 16.4 Å². The van der Waals surface area contributed by atoms with E-state index in [1.165, 1.54) is 12.2 Å². The first kappa shape index (κ1) is 14.5. The second kappa shape index (κ2) is 5.88. The molecule has 0 aliphatic rings. The Bertz CT molecular complexity index is 545. The fourth-order valence-electron chi connectivity index (χ4n) is 1.38. The minimum Gasteiger partial charge on any atom is -0.207 e. The molecule has 0 fully saturated rings. The maximum Gasteiger partial charge on any atom is 0.246 e. The molecule has 0 aliphatic heterocycles. The van der Waals surface area contributed by atoms with E-state index in [9.17, 15) is 17.2 Å². The number of benzene rings is 1. The number of hydrogen-bond acceptors (Lipinski definition) is 2. The quantitative estimate of drug-likeness (QED) is 0.746. The monoisotopic (exact) mass is 273 g/mol. The smallest absolute Gasteiger partial charge is 0.207 e. The largest absolute Gasteiger partial charge is 0.246 e.